The van der Waals surface area contributed by atoms with E-state index in [0.29, 0.717) is 28.4 Å². The van der Waals surface area contributed by atoms with Gasteiger partial charge in [0.05, 0.1) is 5.92 Å². The molecule has 1 unspecified atom stereocenters. The Morgan fingerprint density at radius 1 is 0.900 bits per heavy atom. The van der Waals surface area contributed by atoms with Gasteiger partial charge in [0.1, 0.15) is 23.1 Å². The lowest BCUT2D eigenvalue weighted by Gasteiger charge is -2.27. The molecule has 30 heavy (non-hydrogen) atoms. The van der Waals surface area contributed by atoms with E-state index in [1.165, 1.54) is 31.2 Å². The first-order chi connectivity index (χ1) is 14.5. The van der Waals surface area contributed by atoms with Crippen LogP contribution in [0.4, 0.5) is 4.39 Å². The maximum absolute atomic E-state index is 13.0. The lowest BCUT2D eigenvalue weighted by Crippen LogP contribution is -2.49. The van der Waals surface area contributed by atoms with E-state index >= 15 is 0 Å². The Morgan fingerprint density at radius 2 is 1.47 bits per heavy atom. The van der Waals surface area contributed by atoms with Crippen molar-refractivity contribution in [3.05, 3.63) is 89.7 Å². The summed E-state index contributed by atoms with van der Waals surface area (Å²) in [4.78, 5) is 25.3. The smallest absolute Gasteiger partial charge is 0.279 e. The van der Waals surface area contributed by atoms with Gasteiger partial charge < -0.3 is 9.47 Å². The van der Waals surface area contributed by atoms with Gasteiger partial charge >= 0.3 is 0 Å². The molecule has 0 fully saturated rings. The van der Waals surface area contributed by atoms with Crippen LogP contribution in [0.2, 0.25) is 0 Å². The molecule has 1 atom stereocenters. The van der Waals surface area contributed by atoms with E-state index in [0.717, 1.165) is 0 Å². The van der Waals surface area contributed by atoms with Crippen LogP contribution in [0, 0.1) is 5.82 Å². The van der Waals surface area contributed by atoms with E-state index in [9.17, 15) is 14.0 Å². The van der Waals surface area contributed by atoms with Crippen LogP contribution in [0.25, 0.3) is 0 Å². The molecule has 0 radical (unpaired) electrons. The summed E-state index contributed by atoms with van der Waals surface area (Å²) in [5.74, 6) is -0.450. The van der Waals surface area contributed by atoms with Crippen LogP contribution in [-0.2, 0) is 9.59 Å². The summed E-state index contributed by atoms with van der Waals surface area (Å²) in [5, 5.41) is 0. The van der Waals surface area contributed by atoms with Gasteiger partial charge in [-0.3, -0.25) is 20.4 Å². The van der Waals surface area contributed by atoms with Gasteiger partial charge in [0, 0.05) is 11.1 Å². The maximum Gasteiger partial charge on any atom is 0.279 e. The monoisotopic (exact) mass is 406 g/mol. The fourth-order valence-electron chi connectivity index (χ4n) is 3.26. The van der Waals surface area contributed by atoms with Crippen molar-refractivity contribution in [2.75, 3.05) is 0 Å². The van der Waals surface area contributed by atoms with Gasteiger partial charge in [0.2, 0.25) is 0 Å². The second-order valence-electron chi connectivity index (χ2n) is 6.80. The Hall–Kier alpha value is -3.87. The minimum atomic E-state index is -0.898. The van der Waals surface area contributed by atoms with Gasteiger partial charge in [-0.15, -0.1) is 0 Å². The first-order valence-corrected chi connectivity index (χ1v) is 9.40. The van der Waals surface area contributed by atoms with Crippen LogP contribution in [0.1, 0.15) is 24.0 Å². The van der Waals surface area contributed by atoms with Gasteiger partial charge in [0.25, 0.3) is 11.8 Å². The van der Waals surface area contributed by atoms with E-state index in [4.69, 9.17) is 9.47 Å². The van der Waals surface area contributed by atoms with E-state index < -0.39 is 29.7 Å². The quantitative estimate of drug-likeness (QED) is 0.648. The van der Waals surface area contributed by atoms with Gasteiger partial charge in [-0.25, -0.2) is 4.39 Å². The average molecular weight is 406 g/mol. The minimum absolute atomic E-state index is 0.345. The van der Waals surface area contributed by atoms with Crippen molar-refractivity contribution in [2.24, 2.45) is 0 Å². The molecular formula is C23H19FN2O4. The number of rotatable bonds is 4. The topological polar surface area (TPSA) is 76.7 Å². The van der Waals surface area contributed by atoms with Crippen molar-refractivity contribution in [1.29, 1.82) is 0 Å². The van der Waals surface area contributed by atoms with Gasteiger partial charge in [-0.2, -0.15) is 0 Å². The van der Waals surface area contributed by atoms with E-state index in [-0.39, 0.29) is 0 Å². The number of amides is 2. The SMILES string of the molecule is CC(Oc1ccc(F)cc1)C(=O)NNC(=O)C1c2ccccc2Oc2ccccc21. The molecule has 7 heteroatoms. The zero-order valence-corrected chi connectivity index (χ0v) is 16.1. The highest BCUT2D eigenvalue weighted by Crippen LogP contribution is 2.43. The molecule has 0 spiro atoms. The standard InChI is InChI=1S/C23H19FN2O4/c1-14(29-16-12-10-15(24)11-13-16)22(27)25-26-23(28)21-17-6-2-4-8-19(17)30-20-9-5-3-7-18(20)21/h2-14,21H,1H3,(H,25,27)(H,26,28). The second kappa shape index (κ2) is 8.24. The highest BCUT2D eigenvalue weighted by atomic mass is 19.1. The third-order valence-corrected chi connectivity index (χ3v) is 4.75. The molecule has 2 N–H and O–H groups in total. The highest BCUT2D eigenvalue weighted by molar-refractivity contribution is 5.91. The number of carbonyl (C=O) groups excluding carboxylic acids is 2. The molecule has 6 nitrogen and oxygen atoms in total. The molecule has 0 aliphatic carbocycles. The number of hydrogen-bond acceptors (Lipinski definition) is 4. The molecule has 152 valence electrons. The van der Waals surface area contributed by atoms with E-state index in [1.54, 1.807) is 12.1 Å². The van der Waals surface area contributed by atoms with Gasteiger partial charge in [0.15, 0.2) is 6.10 Å². The minimum Gasteiger partial charge on any atom is -0.481 e. The summed E-state index contributed by atoms with van der Waals surface area (Å²) < 4.78 is 24.3. The molecule has 0 saturated heterocycles. The summed E-state index contributed by atoms with van der Waals surface area (Å²) >= 11 is 0. The molecule has 0 saturated carbocycles. The molecule has 1 aliphatic heterocycles. The lowest BCUT2D eigenvalue weighted by molar-refractivity contribution is -0.133. The van der Waals surface area contributed by atoms with Crippen molar-refractivity contribution in [2.45, 2.75) is 18.9 Å². The summed E-state index contributed by atoms with van der Waals surface area (Å²) in [5.41, 5.74) is 6.28. The number of nitrogens with one attached hydrogen (secondary N) is 2. The first-order valence-electron chi connectivity index (χ1n) is 9.40. The Morgan fingerprint density at radius 3 is 2.07 bits per heavy atom. The van der Waals surface area contributed by atoms with Crippen molar-refractivity contribution in [3.8, 4) is 17.2 Å². The maximum atomic E-state index is 13.0. The summed E-state index contributed by atoms with van der Waals surface area (Å²) in [6, 6.07) is 19.9. The molecule has 3 aromatic carbocycles. The van der Waals surface area contributed by atoms with Crippen LogP contribution in [0.3, 0.4) is 0 Å². The van der Waals surface area contributed by atoms with E-state index in [2.05, 4.69) is 10.9 Å². The van der Waals surface area contributed by atoms with Crippen LogP contribution >= 0.6 is 0 Å². The van der Waals surface area contributed by atoms with Crippen LogP contribution < -0.4 is 20.3 Å². The van der Waals surface area contributed by atoms with Crippen LogP contribution in [-0.4, -0.2) is 17.9 Å². The Bertz CT molecular complexity index is 1040. The number of benzene rings is 3. The van der Waals surface area contributed by atoms with Crippen LogP contribution in [0.15, 0.2) is 72.8 Å². The van der Waals surface area contributed by atoms with Crippen molar-refractivity contribution in [3.63, 3.8) is 0 Å². The molecule has 1 heterocycles. The normalized spacial score (nSPS) is 13.3. The molecule has 0 aromatic heterocycles. The number of halogens is 1. The Labute approximate surface area is 172 Å². The number of para-hydroxylation sites is 2. The van der Waals surface area contributed by atoms with E-state index in [1.807, 2.05) is 36.4 Å². The second-order valence-corrected chi connectivity index (χ2v) is 6.80. The summed E-state index contributed by atoms with van der Waals surface area (Å²) in [7, 11) is 0. The Balaban J connectivity index is 1.45. The summed E-state index contributed by atoms with van der Waals surface area (Å²) in [6.45, 7) is 1.53. The lowest BCUT2D eigenvalue weighted by atomic mass is 9.87. The third-order valence-electron chi connectivity index (χ3n) is 4.75. The van der Waals surface area contributed by atoms with Crippen molar-refractivity contribution >= 4 is 11.8 Å². The molecule has 1 aliphatic rings. The number of hydrazine groups is 1. The highest BCUT2D eigenvalue weighted by Gasteiger charge is 2.32. The predicted octanol–water partition coefficient (Wildman–Crippen LogP) is 3.68. The van der Waals surface area contributed by atoms with Gasteiger partial charge in [-0.1, -0.05) is 36.4 Å². The van der Waals surface area contributed by atoms with Crippen molar-refractivity contribution < 1.29 is 23.5 Å². The fraction of sp³-hybridized carbons (Fsp3) is 0.130. The predicted molar refractivity (Wildman–Crippen MR) is 108 cm³/mol. The summed E-state index contributed by atoms with van der Waals surface area (Å²) in [6.07, 6.45) is -0.898. The van der Waals surface area contributed by atoms with Gasteiger partial charge in [-0.05, 0) is 43.3 Å². The largest absolute Gasteiger partial charge is 0.481 e. The Kier molecular flexibility index (Phi) is 5.34. The van der Waals surface area contributed by atoms with Crippen molar-refractivity contribution in [1.82, 2.24) is 10.9 Å². The number of carbonyl (C=O) groups is 2. The zero-order valence-electron chi connectivity index (χ0n) is 16.1. The molecular weight excluding hydrogens is 387 g/mol. The molecule has 3 aromatic rings. The fourth-order valence-corrected chi connectivity index (χ4v) is 3.26. The molecule has 0 bridgehead atoms. The average Bonchev–Trinajstić information content (AvgIpc) is 2.77. The first kappa shape index (κ1) is 19.4. The zero-order chi connectivity index (χ0) is 21.1. The van der Waals surface area contributed by atoms with Crippen LogP contribution in [0.5, 0.6) is 17.2 Å². The molecule has 4 rings (SSSR count). The number of fused-ring (bicyclic) bond motifs is 2. The number of ether oxygens (including phenoxy) is 2. The molecule has 2 amide bonds. The number of hydrogen-bond donors (Lipinski definition) is 2. The third kappa shape index (κ3) is 3.96.